The number of anilines is 2. The summed E-state index contributed by atoms with van der Waals surface area (Å²) in [6.45, 7) is 5.23. The van der Waals surface area contributed by atoms with Crippen molar-refractivity contribution in [3.63, 3.8) is 0 Å². The number of nitrogens with two attached hydrogens (primary N) is 1. The molecule has 1 aromatic carbocycles. The third kappa shape index (κ3) is 3.52. The predicted molar refractivity (Wildman–Crippen MR) is 105 cm³/mol. The second-order valence-corrected chi connectivity index (χ2v) is 6.94. The molecule has 3 rings (SSSR count). The van der Waals surface area contributed by atoms with Crippen molar-refractivity contribution in [3.8, 4) is 0 Å². The molecule has 1 saturated heterocycles. The fourth-order valence-corrected chi connectivity index (χ4v) is 3.47. The summed E-state index contributed by atoms with van der Waals surface area (Å²) in [5.74, 6) is -0.431. The van der Waals surface area contributed by atoms with Crippen LogP contribution in [-0.2, 0) is 14.1 Å². The van der Waals surface area contributed by atoms with E-state index >= 15 is 0 Å². The fourth-order valence-electron chi connectivity index (χ4n) is 3.47. The first kappa shape index (κ1) is 18.9. The van der Waals surface area contributed by atoms with Crippen LogP contribution >= 0.6 is 0 Å². The Balaban J connectivity index is 1.72. The van der Waals surface area contributed by atoms with Crippen LogP contribution in [0, 0.1) is 6.92 Å². The molecule has 2 aromatic rings. The molecule has 27 heavy (non-hydrogen) atoms. The van der Waals surface area contributed by atoms with E-state index in [2.05, 4.69) is 24.0 Å². The number of aryl methyl sites for hydroxylation is 1. The second-order valence-electron chi connectivity index (χ2n) is 6.94. The summed E-state index contributed by atoms with van der Waals surface area (Å²) in [4.78, 5) is 41.3. The van der Waals surface area contributed by atoms with Crippen LogP contribution in [0.15, 0.2) is 33.9 Å². The first-order chi connectivity index (χ1) is 12.8. The molecule has 2 N–H and O–H groups in total. The van der Waals surface area contributed by atoms with Crippen LogP contribution in [0.25, 0.3) is 0 Å². The van der Waals surface area contributed by atoms with Gasteiger partial charge in [0.2, 0.25) is 0 Å². The maximum atomic E-state index is 12.7. The van der Waals surface area contributed by atoms with Gasteiger partial charge in [-0.1, -0.05) is 18.2 Å². The van der Waals surface area contributed by atoms with Crippen LogP contribution in [-0.4, -0.2) is 52.5 Å². The lowest BCUT2D eigenvalue weighted by molar-refractivity contribution is 0.0924. The number of carbonyl (C=O) groups excluding carboxylic acids is 1. The molecule has 1 aliphatic rings. The average Bonchev–Trinajstić information content (AvgIpc) is 2.66. The lowest BCUT2D eigenvalue weighted by Crippen LogP contribution is -2.49. The van der Waals surface area contributed by atoms with Gasteiger partial charge in [-0.3, -0.25) is 23.6 Å². The van der Waals surface area contributed by atoms with Crippen molar-refractivity contribution < 1.29 is 4.79 Å². The zero-order chi connectivity index (χ0) is 19.7. The molecule has 0 radical (unpaired) electrons. The van der Waals surface area contributed by atoms with Crippen molar-refractivity contribution >= 4 is 17.3 Å². The predicted octanol–water partition coefficient (Wildman–Crippen LogP) is -0.0205. The lowest BCUT2D eigenvalue weighted by atomic mass is 10.1. The lowest BCUT2D eigenvalue weighted by Gasteiger charge is -2.36. The highest BCUT2D eigenvalue weighted by Gasteiger charge is 2.24. The van der Waals surface area contributed by atoms with Gasteiger partial charge in [0.15, 0.2) is 5.78 Å². The fraction of sp³-hybridized carbons (Fsp3) is 0.421. The van der Waals surface area contributed by atoms with Crippen LogP contribution in [0.5, 0.6) is 0 Å². The van der Waals surface area contributed by atoms with E-state index < -0.39 is 11.2 Å². The van der Waals surface area contributed by atoms with Crippen molar-refractivity contribution in [2.75, 3.05) is 43.4 Å². The van der Waals surface area contributed by atoms with Crippen molar-refractivity contribution in [1.82, 2.24) is 14.0 Å². The summed E-state index contributed by atoms with van der Waals surface area (Å²) in [5.41, 5.74) is 7.02. The van der Waals surface area contributed by atoms with E-state index in [4.69, 9.17) is 5.73 Å². The Labute approximate surface area is 157 Å². The average molecular weight is 371 g/mol. The van der Waals surface area contributed by atoms with Gasteiger partial charge in [0.05, 0.1) is 6.54 Å². The van der Waals surface area contributed by atoms with Gasteiger partial charge in [0.1, 0.15) is 11.4 Å². The Morgan fingerprint density at radius 1 is 1.04 bits per heavy atom. The summed E-state index contributed by atoms with van der Waals surface area (Å²) in [6, 6.07) is 8.23. The number of hydrogen-bond donors (Lipinski definition) is 1. The van der Waals surface area contributed by atoms with Crippen LogP contribution in [0.2, 0.25) is 0 Å². The normalized spacial score (nSPS) is 15.1. The van der Waals surface area contributed by atoms with Crippen molar-refractivity contribution in [2.45, 2.75) is 6.92 Å². The molecular formula is C19H25N5O3. The van der Waals surface area contributed by atoms with Gasteiger partial charge < -0.3 is 10.6 Å². The highest BCUT2D eigenvalue weighted by Crippen LogP contribution is 2.20. The van der Waals surface area contributed by atoms with Crippen molar-refractivity contribution in [1.29, 1.82) is 0 Å². The highest BCUT2D eigenvalue weighted by atomic mass is 16.2. The number of aromatic nitrogens is 2. The number of piperazine rings is 1. The topological polar surface area (TPSA) is 93.6 Å². The van der Waals surface area contributed by atoms with Crippen LogP contribution < -0.4 is 21.9 Å². The van der Waals surface area contributed by atoms with Gasteiger partial charge in [-0.25, -0.2) is 4.79 Å². The van der Waals surface area contributed by atoms with E-state index in [1.807, 2.05) is 17.0 Å². The number of ketones is 1. The number of para-hydroxylation sites is 1. The highest BCUT2D eigenvalue weighted by molar-refractivity contribution is 6.01. The molecule has 8 heteroatoms. The summed E-state index contributed by atoms with van der Waals surface area (Å²) in [5, 5.41) is 0. The molecule has 1 fully saturated rings. The molecule has 144 valence electrons. The molecular weight excluding hydrogens is 346 g/mol. The van der Waals surface area contributed by atoms with E-state index in [1.165, 1.54) is 25.3 Å². The van der Waals surface area contributed by atoms with Gasteiger partial charge in [0, 0.05) is 46.0 Å². The number of carbonyl (C=O) groups is 1. The Morgan fingerprint density at radius 2 is 1.67 bits per heavy atom. The zero-order valence-corrected chi connectivity index (χ0v) is 15.9. The molecule has 0 amide bonds. The van der Waals surface area contributed by atoms with Gasteiger partial charge in [0.25, 0.3) is 5.56 Å². The monoisotopic (exact) mass is 371 g/mol. The molecule has 0 atom stereocenters. The molecule has 2 heterocycles. The Morgan fingerprint density at radius 3 is 2.30 bits per heavy atom. The van der Waals surface area contributed by atoms with E-state index in [0.717, 1.165) is 22.2 Å². The number of nitrogens with zero attached hydrogens (tertiary/aromatic N) is 4. The number of benzene rings is 1. The Hall–Kier alpha value is -2.87. The molecule has 8 nitrogen and oxygen atoms in total. The Bertz CT molecular complexity index is 984. The molecule has 0 spiro atoms. The number of hydrogen-bond acceptors (Lipinski definition) is 6. The summed E-state index contributed by atoms with van der Waals surface area (Å²) in [6.07, 6.45) is 0. The Kier molecular flexibility index (Phi) is 5.18. The van der Waals surface area contributed by atoms with E-state index in [9.17, 15) is 14.4 Å². The quantitative estimate of drug-likeness (QED) is 0.759. The SMILES string of the molecule is Cc1ccccc1N1CCN(CC(=O)c2c(N)n(C)c(=O)n(C)c2=O)CC1. The van der Waals surface area contributed by atoms with E-state index in [-0.39, 0.29) is 23.7 Å². The summed E-state index contributed by atoms with van der Waals surface area (Å²) >= 11 is 0. The second kappa shape index (κ2) is 7.40. The van der Waals surface area contributed by atoms with Crippen LogP contribution in [0.4, 0.5) is 11.5 Å². The third-order valence-electron chi connectivity index (χ3n) is 5.18. The van der Waals surface area contributed by atoms with Gasteiger partial charge in [-0.05, 0) is 18.6 Å². The van der Waals surface area contributed by atoms with E-state index in [1.54, 1.807) is 0 Å². The van der Waals surface area contributed by atoms with E-state index in [0.29, 0.717) is 13.1 Å². The molecule has 0 unspecified atom stereocenters. The van der Waals surface area contributed by atoms with Gasteiger partial charge in [-0.15, -0.1) is 0 Å². The molecule has 0 saturated carbocycles. The van der Waals surface area contributed by atoms with Crippen molar-refractivity contribution in [3.05, 3.63) is 56.2 Å². The first-order valence-corrected chi connectivity index (χ1v) is 8.93. The number of nitrogen functional groups attached to an aromatic ring is 1. The van der Waals surface area contributed by atoms with Crippen LogP contribution in [0.1, 0.15) is 15.9 Å². The standard InChI is InChI=1S/C19H25N5O3/c1-13-6-4-5-7-14(13)24-10-8-23(9-11-24)12-15(25)16-17(20)21(2)19(27)22(3)18(16)26/h4-7H,8-12,20H2,1-3H3. The minimum atomic E-state index is -0.640. The molecule has 0 bridgehead atoms. The maximum absolute atomic E-state index is 12.7. The molecule has 1 aromatic heterocycles. The van der Waals surface area contributed by atoms with Crippen LogP contribution in [0.3, 0.4) is 0 Å². The van der Waals surface area contributed by atoms with Gasteiger partial charge >= 0.3 is 5.69 Å². The number of rotatable bonds is 4. The third-order valence-corrected chi connectivity index (χ3v) is 5.18. The largest absolute Gasteiger partial charge is 0.384 e. The van der Waals surface area contributed by atoms with Crippen molar-refractivity contribution in [2.24, 2.45) is 14.1 Å². The minimum absolute atomic E-state index is 0.0772. The first-order valence-electron chi connectivity index (χ1n) is 8.93. The minimum Gasteiger partial charge on any atom is -0.384 e. The van der Waals surface area contributed by atoms with Gasteiger partial charge in [-0.2, -0.15) is 0 Å². The summed E-state index contributed by atoms with van der Waals surface area (Å²) < 4.78 is 2.05. The number of Topliss-reactive ketones (excluding diaryl/α,β-unsaturated/α-hetero) is 1. The zero-order valence-electron chi connectivity index (χ0n) is 15.9. The summed E-state index contributed by atoms with van der Waals surface area (Å²) in [7, 11) is 2.80. The molecule has 0 aliphatic carbocycles. The smallest absolute Gasteiger partial charge is 0.332 e. The maximum Gasteiger partial charge on any atom is 0.332 e. The molecule has 1 aliphatic heterocycles.